The molecule has 7 heteroatoms. The number of anilines is 1. The molecule has 0 radical (unpaired) electrons. The lowest BCUT2D eigenvalue weighted by Gasteiger charge is -2.26. The van der Waals surface area contributed by atoms with Gasteiger partial charge in [-0.15, -0.1) is 0 Å². The first kappa shape index (κ1) is 18.4. The highest BCUT2D eigenvalue weighted by atomic mass is 35.5. The molecule has 0 saturated carbocycles. The van der Waals surface area contributed by atoms with Crippen LogP contribution >= 0.6 is 11.6 Å². The minimum Gasteiger partial charge on any atom is -0.360 e. The topological polar surface area (TPSA) is 71.3 Å². The molecule has 2 rings (SSSR count). The van der Waals surface area contributed by atoms with Crippen molar-refractivity contribution in [2.24, 2.45) is 0 Å². The number of carbonyl (C=O) groups is 1. The van der Waals surface area contributed by atoms with Gasteiger partial charge in [-0.1, -0.05) is 42.6 Å². The molecule has 0 aliphatic rings. The summed E-state index contributed by atoms with van der Waals surface area (Å²) in [4.78, 5) is 18.7. The van der Waals surface area contributed by atoms with Crippen molar-refractivity contribution in [3.63, 3.8) is 0 Å². The minimum absolute atomic E-state index is 0.0822. The summed E-state index contributed by atoms with van der Waals surface area (Å²) in [5.74, 6) is 1.03. The lowest BCUT2D eigenvalue weighted by atomic mass is 10.1. The van der Waals surface area contributed by atoms with Crippen molar-refractivity contribution in [3.8, 4) is 0 Å². The molecule has 2 heterocycles. The van der Waals surface area contributed by atoms with Crippen LogP contribution in [0.25, 0.3) is 0 Å². The van der Waals surface area contributed by atoms with Gasteiger partial charge in [0.05, 0.1) is 6.04 Å². The van der Waals surface area contributed by atoms with E-state index in [-0.39, 0.29) is 11.9 Å². The molecule has 0 aromatic carbocycles. The Morgan fingerprint density at radius 2 is 2.25 bits per heavy atom. The van der Waals surface area contributed by atoms with Crippen LogP contribution in [0, 0.1) is 6.92 Å². The SMILES string of the molecule is CCCCC(C(=O)Nc1cc(C)on1)N(C)Cc1ccc(Cl)nc1. The molecule has 1 unspecified atom stereocenters. The molecule has 0 spiro atoms. The van der Waals surface area contributed by atoms with E-state index in [4.69, 9.17) is 16.1 Å². The summed E-state index contributed by atoms with van der Waals surface area (Å²) in [7, 11) is 1.93. The van der Waals surface area contributed by atoms with E-state index in [2.05, 4.69) is 22.4 Å². The monoisotopic (exact) mass is 350 g/mol. The largest absolute Gasteiger partial charge is 0.360 e. The molecule has 130 valence electrons. The van der Waals surface area contributed by atoms with Gasteiger partial charge in [-0.2, -0.15) is 0 Å². The number of aryl methyl sites for hydroxylation is 1. The lowest BCUT2D eigenvalue weighted by molar-refractivity contribution is -0.121. The molecular formula is C17H23ClN4O2. The highest BCUT2D eigenvalue weighted by molar-refractivity contribution is 6.29. The van der Waals surface area contributed by atoms with Crippen LogP contribution in [0.2, 0.25) is 5.15 Å². The van der Waals surface area contributed by atoms with Crippen LogP contribution in [0.4, 0.5) is 5.82 Å². The molecule has 0 aliphatic carbocycles. The van der Waals surface area contributed by atoms with Crippen LogP contribution in [0.3, 0.4) is 0 Å². The van der Waals surface area contributed by atoms with Crippen LogP contribution in [0.15, 0.2) is 28.9 Å². The third kappa shape index (κ3) is 5.32. The Hall–Kier alpha value is -1.92. The summed E-state index contributed by atoms with van der Waals surface area (Å²) in [6.45, 7) is 4.51. The van der Waals surface area contributed by atoms with E-state index in [1.54, 1.807) is 25.3 Å². The van der Waals surface area contributed by atoms with Gasteiger partial charge in [-0.3, -0.25) is 9.69 Å². The first-order valence-electron chi connectivity index (χ1n) is 8.04. The fraction of sp³-hybridized carbons (Fsp3) is 0.471. The average Bonchev–Trinajstić information content (AvgIpc) is 2.95. The van der Waals surface area contributed by atoms with Crippen molar-refractivity contribution in [3.05, 3.63) is 40.9 Å². The van der Waals surface area contributed by atoms with Crippen LogP contribution in [0.5, 0.6) is 0 Å². The van der Waals surface area contributed by atoms with Crippen molar-refractivity contribution in [1.29, 1.82) is 0 Å². The number of halogens is 1. The summed E-state index contributed by atoms with van der Waals surface area (Å²) in [6.07, 6.45) is 4.51. The summed E-state index contributed by atoms with van der Waals surface area (Å²) in [6, 6.07) is 5.13. The Bertz CT molecular complexity index is 657. The quantitative estimate of drug-likeness (QED) is 0.735. The van der Waals surface area contributed by atoms with Gasteiger partial charge in [-0.25, -0.2) is 4.98 Å². The van der Waals surface area contributed by atoms with E-state index in [0.29, 0.717) is 23.3 Å². The summed E-state index contributed by atoms with van der Waals surface area (Å²) in [5.41, 5.74) is 1.01. The third-order valence-electron chi connectivity index (χ3n) is 3.77. The Kier molecular flexibility index (Phi) is 6.75. The van der Waals surface area contributed by atoms with Crippen LogP contribution in [0.1, 0.15) is 37.5 Å². The van der Waals surface area contributed by atoms with Crippen LogP contribution in [-0.2, 0) is 11.3 Å². The number of nitrogens with one attached hydrogen (secondary N) is 1. The number of likely N-dealkylation sites (N-methyl/N-ethyl adjacent to an activating group) is 1. The van der Waals surface area contributed by atoms with E-state index in [1.165, 1.54) is 0 Å². The summed E-state index contributed by atoms with van der Waals surface area (Å²) in [5, 5.41) is 7.11. The molecule has 24 heavy (non-hydrogen) atoms. The van der Waals surface area contributed by atoms with Gasteiger partial charge in [0.25, 0.3) is 0 Å². The van der Waals surface area contributed by atoms with Gasteiger partial charge in [0.1, 0.15) is 10.9 Å². The normalized spacial score (nSPS) is 12.4. The van der Waals surface area contributed by atoms with Crippen LogP contribution < -0.4 is 5.32 Å². The Morgan fingerprint density at radius 1 is 1.46 bits per heavy atom. The molecule has 6 nitrogen and oxygen atoms in total. The summed E-state index contributed by atoms with van der Waals surface area (Å²) >= 11 is 5.82. The number of amides is 1. The van der Waals surface area contributed by atoms with Crippen molar-refractivity contribution < 1.29 is 9.32 Å². The number of unbranched alkanes of at least 4 members (excludes halogenated alkanes) is 1. The molecule has 0 bridgehead atoms. The second-order valence-electron chi connectivity index (χ2n) is 5.87. The Balaban J connectivity index is 2.04. The second-order valence-corrected chi connectivity index (χ2v) is 6.26. The number of carbonyl (C=O) groups excluding carboxylic acids is 1. The maximum Gasteiger partial charge on any atom is 0.242 e. The molecule has 2 aromatic heterocycles. The van der Waals surface area contributed by atoms with E-state index in [9.17, 15) is 4.79 Å². The average molecular weight is 351 g/mol. The maximum atomic E-state index is 12.6. The second kappa shape index (κ2) is 8.80. The van der Waals surface area contributed by atoms with Gasteiger partial charge in [0.2, 0.25) is 5.91 Å². The first-order valence-corrected chi connectivity index (χ1v) is 8.42. The molecule has 0 aliphatic heterocycles. The molecule has 1 amide bonds. The zero-order valence-electron chi connectivity index (χ0n) is 14.3. The molecule has 1 atom stereocenters. The highest BCUT2D eigenvalue weighted by Crippen LogP contribution is 2.15. The maximum absolute atomic E-state index is 12.6. The van der Waals surface area contributed by atoms with Gasteiger partial charge in [0, 0.05) is 18.8 Å². The number of hydrogen-bond donors (Lipinski definition) is 1. The number of rotatable bonds is 8. The van der Waals surface area contributed by atoms with Crippen molar-refractivity contribution in [1.82, 2.24) is 15.0 Å². The van der Waals surface area contributed by atoms with Gasteiger partial charge in [0.15, 0.2) is 5.82 Å². The summed E-state index contributed by atoms with van der Waals surface area (Å²) < 4.78 is 4.99. The Morgan fingerprint density at radius 3 is 2.83 bits per heavy atom. The number of hydrogen-bond acceptors (Lipinski definition) is 5. The predicted octanol–water partition coefficient (Wildman–Crippen LogP) is 3.66. The zero-order valence-corrected chi connectivity index (χ0v) is 15.0. The number of aromatic nitrogens is 2. The van der Waals surface area contributed by atoms with Crippen LogP contribution in [-0.4, -0.2) is 34.0 Å². The molecule has 0 saturated heterocycles. The van der Waals surface area contributed by atoms with E-state index < -0.39 is 0 Å². The van der Waals surface area contributed by atoms with Crippen molar-refractivity contribution in [2.75, 3.05) is 12.4 Å². The Labute approximate surface area is 147 Å². The minimum atomic E-state index is -0.252. The van der Waals surface area contributed by atoms with Crippen molar-refractivity contribution in [2.45, 2.75) is 45.7 Å². The number of pyridine rings is 1. The van der Waals surface area contributed by atoms with Gasteiger partial charge in [-0.05, 0) is 32.0 Å². The fourth-order valence-electron chi connectivity index (χ4n) is 2.48. The highest BCUT2D eigenvalue weighted by Gasteiger charge is 2.23. The smallest absolute Gasteiger partial charge is 0.242 e. The third-order valence-corrected chi connectivity index (χ3v) is 3.99. The van der Waals surface area contributed by atoms with E-state index in [0.717, 1.165) is 24.8 Å². The van der Waals surface area contributed by atoms with E-state index in [1.807, 2.05) is 18.0 Å². The number of nitrogens with zero attached hydrogens (tertiary/aromatic N) is 3. The molecule has 1 N–H and O–H groups in total. The molecule has 0 fully saturated rings. The van der Waals surface area contributed by atoms with Gasteiger partial charge < -0.3 is 9.84 Å². The standard InChI is InChI=1S/C17H23ClN4O2/c1-4-5-6-14(17(23)20-16-9-12(2)24-21-16)22(3)11-13-7-8-15(18)19-10-13/h7-10,14H,4-6,11H2,1-3H3,(H,20,21,23). The fourth-order valence-corrected chi connectivity index (χ4v) is 2.59. The van der Waals surface area contributed by atoms with Gasteiger partial charge >= 0.3 is 0 Å². The molecular weight excluding hydrogens is 328 g/mol. The zero-order chi connectivity index (χ0) is 17.5. The lowest BCUT2D eigenvalue weighted by Crippen LogP contribution is -2.41. The molecule has 2 aromatic rings. The first-order chi connectivity index (χ1) is 11.5. The van der Waals surface area contributed by atoms with E-state index >= 15 is 0 Å². The predicted molar refractivity (Wildman–Crippen MR) is 93.9 cm³/mol. The van der Waals surface area contributed by atoms with Crippen molar-refractivity contribution >= 4 is 23.3 Å².